The van der Waals surface area contributed by atoms with Gasteiger partial charge in [0.15, 0.2) is 0 Å². The van der Waals surface area contributed by atoms with Crippen molar-refractivity contribution in [3.05, 3.63) is 46.5 Å². The number of nitriles is 1. The predicted molar refractivity (Wildman–Crippen MR) is 97.2 cm³/mol. The van der Waals surface area contributed by atoms with E-state index in [1.807, 2.05) is 41.8 Å². The van der Waals surface area contributed by atoms with Gasteiger partial charge in [-0.2, -0.15) is 5.26 Å². The highest BCUT2D eigenvalue weighted by Gasteiger charge is 2.33. The highest BCUT2D eigenvalue weighted by molar-refractivity contribution is 5.95. The monoisotopic (exact) mass is 350 g/mol. The summed E-state index contributed by atoms with van der Waals surface area (Å²) in [5.74, 6) is 1.69. The smallest absolute Gasteiger partial charge is 0.254 e. The first-order valence-electron chi connectivity index (χ1n) is 9.09. The minimum absolute atomic E-state index is 0.0684. The number of carbonyl (C=O) groups excluding carboxylic acids is 1. The second-order valence-corrected chi connectivity index (χ2v) is 7.19. The molecule has 1 saturated heterocycles. The number of nitrogens with zero attached hydrogens (tertiary/aromatic N) is 4. The van der Waals surface area contributed by atoms with Crippen LogP contribution in [0.15, 0.2) is 22.6 Å². The Morgan fingerprint density at radius 3 is 2.58 bits per heavy atom. The summed E-state index contributed by atoms with van der Waals surface area (Å²) in [6.07, 6.45) is 2.17. The molecule has 6 nitrogen and oxygen atoms in total. The van der Waals surface area contributed by atoms with Gasteiger partial charge in [-0.3, -0.25) is 4.79 Å². The Labute approximate surface area is 153 Å². The standard InChI is InChI=1S/C20H22N4O2/c1-13-3-6-16(14(2)11-13)19(25)23-7-9-24(10-8-23)20-17(12-21)22-18(26-20)15-4-5-15/h3,6,11,15H,4-5,7-10H2,1-2H3. The van der Waals surface area contributed by atoms with Crippen molar-refractivity contribution in [3.63, 3.8) is 0 Å². The van der Waals surface area contributed by atoms with E-state index in [0.29, 0.717) is 49.6 Å². The molecule has 0 N–H and O–H groups in total. The van der Waals surface area contributed by atoms with E-state index in [4.69, 9.17) is 4.42 Å². The Hall–Kier alpha value is -2.81. The molecule has 2 heterocycles. The maximum Gasteiger partial charge on any atom is 0.254 e. The first-order valence-corrected chi connectivity index (χ1v) is 9.09. The molecule has 1 saturated carbocycles. The van der Waals surface area contributed by atoms with Crippen molar-refractivity contribution < 1.29 is 9.21 Å². The molecule has 0 unspecified atom stereocenters. The summed E-state index contributed by atoms with van der Waals surface area (Å²) >= 11 is 0. The van der Waals surface area contributed by atoms with E-state index in [0.717, 1.165) is 29.5 Å². The van der Waals surface area contributed by atoms with Gasteiger partial charge in [0.05, 0.1) is 0 Å². The largest absolute Gasteiger partial charge is 0.423 e. The van der Waals surface area contributed by atoms with Gasteiger partial charge in [0, 0.05) is 37.7 Å². The number of carbonyl (C=O) groups is 1. The number of benzene rings is 1. The molecule has 1 aromatic carbocycles. The predicted octanol–water partition coefficient (Wildman–Crippen LogP) is 3.00. The van der Waals surface area contributed by atoms with Crippen LogP contribution in [0.1, 0.15) is 51.8 Å². The zero-order valence-corrected chi connectivity index (χ0v) is 15.2. The number of aryl methyl sites for hydroxylation is 2. The lowest BCUT2D eigenvalue weighted by molar-refractivity contribution is 0.0744. The highest BCUT2D eigenvalue weighted by atomic mass is 16.4. The van der Waals surface area contributed by atoms with E-state index in [2.05, 4.69) is 11.1 Å². The quantitative estimate of drug-likeness (QED) is 0.851. The molecular formula is C20H22N4O2. The lowest BCUT2D eigenvalue weighted by Gasteiger charge is -2.34. The Balaban J connectivity index is 1.46. The summed E-state index contributed by atoms with van der Waals surface area (Å²) in [7, 11) is 0. The number of piperazine rings is 1. The Morgan fingerprint density at radius 2 is 1.96 bits per heavy atom. The first kappa shape index (κ1) is 16.6. The maximum absolute atomic E-state index is 12.8. The minimum atomic E-state index is 0.0684. The SMILES string of the molecule is Cc1ccc(C(=O)N2CCN(c3oc(C4CC4)nc3C#N)CC2)c(C)c1. The molecule has 0 atom stereocenters. The third-order valence-electron chi connectivity index (χ3n) is 5.12. The summed E-state index contributed by atoms with van der Waals surface area (Å²) in [5, 5.41) is 9.34. The number of hydrogen-bond donors (Lipinski definition) is 0. The van der Waals surface area contributed by atoms with Gasteiger partial charge in [-0.1, -0.05) is 17.7 Å². The van der Waals surface area contributed by atoms with Crippen LogP contribution in [0.3, 0.4) is 0 Å². The van der Waals surface area contributed by atoms with Gasteiger partial charge in [-0.05, 0) is 38.3 Å². The van der Waals surface area contributed by atoms with Gasteiger partial charge in [0.25, 0.3) is 5.91 Å². The lowest BCUT2D eigenvalue weighted by atomic mass is 10.0. The van der Waals surface area contributed by atoms with E-state index in [1.54, 1.807) is 0 Å². The number of oxazole rings is 1. The average molecular weight is 350 g/mol. The third-order valence-corrected chi connectivity index (χ3v) is 5.12. The third kappa shape index (κ3) is 3.05. The van der Waals surface area contributed by atoms with Crippen LogP contribution in [-0.2, 0) is 0 Å². The number of rotatable bonds is 3. The van der Waals surface area contributed by atoms with E-state index >= 15 is 0 Å². The van der Waals surface area contributed by atoms with Crippen LogP contribution in [0, 0.1) is 25.2 Å². The van der Waals surface area contributed by atoms with E-state index < -0.39 is 0 Å². The first-order chi connectivity index (χ1) is 12.6. The molecule has 6 heteroatoms. The van der Waals surface area contributed by atoms with Crippen LogP contribution in [0.5, 0.6) is 0 Å². The van der Waals surface area contributed by atoms with Gasteiger partial charge >= 0.3 is 0 Å². The molecule has 1 aliphatic carbocycles. The van der Waals surface area contributed by atoms with Crippen LogP contribution in [-0.4, -0.2) is 42.0 Å². The summed E-state index contributed by atoms with van der Waals surface area (Å²) in [5.41, 5.74) is 3.29. The Bertz CT molecular complexity index is 884. The zero-order chi connectivity index (χ0) is 18.3. The van der Waals surface area contributed by atoms with Crippen LogP contribution >= 0.6 is 0 Å². The van der Waals surface area contributed by atoms with Crippen molar-refractivity contribution in [1.82, 2.24) is 9.88 Å². The lowest BCUT2D eigenvalue weighted by Crippen LogP contribution is -2.49. The van der Waals surface area contributed by atoms with Crippen LogP contribution < -0.4 is 4.90 Å². The van der Waals surface area contributed by atoms with Gasteiger partial charge in [-0.25, -0.2) is 4.98 Å². The summed E-state index contributed by atoms with van der Waals surface area (Å²) in [6.45, 7) is 6.51. The molecule has 26 heavy (non-hydrogen) atoms. The number of aromatic nitrogens is 1. The fourth-order valence-electron chi connectivity index (χ4n) is 3.46. The maximum atomic E-state index is 12.8. The molecule has 2 fully saturated rings. The second-order valence-electron chi connectivity index (χ2n) is 7.19. The molecule has 4 rings (SSSR count). The van der Waals surface area contributed by atoms with Crippen LogP contribution in [0.2, 0.25) is 0 Å². The van der Waals surface area contributed by atoms with Gasteiger partial charge < -0.3 is 14.2 Å². The molecule has 2 aromatic rings. The molecule has 1 amide bonds. The molecule has 1 aromatic heterocycles. The molecule has 1 aliphatic heterocycles. The van der Waals surface area contributed by atoms with E-state index in [1.165, 1.54) is 0 Å². The summed E-state index contributed by atoms with van der Waals surface area (Å²) in [4.78, 5) is 21.1. The zero-order valence-electron chi connectivity index (χ0n) is 15.2. The second kappa shape index (κ2) is 6.49. The number of hydrogen-bond acceptors (Lipinski definition) is 5. The van der Waals surface area contributed by atoms with E-state index in [9.17, 15) is 10.1 Å². The average Bonchev–Trinajstić information content (AvgIpc) is 3.40. The van der Waals surface area contributed by atoms with Crippen LogP contribution in [0.4, 0.5) is 5.88 Å². The molecule has 0 radical (unpaired) electrons. The van der Waals surface area contributed by atoms with Crippen molar-refractivity contribution in [3.8, 4) is 6.07 Å². The molecule has 0 spiro atoms. The van der Waals surface area contributed by atoms with Crippen LogP contribution in [0.25, 0.3) is 0 Å². The molecule has 0 bridgehead atoms. The van der Waals surface area contributed by atoms with Gasteiger partial charge in [-0.15, -0.1) is 0 Å². The van der Waals surface area contributed by atoms with Crippen molar-refractivity contribution in [1.29, 1.82) is 5.26 Å². The Kier molecular flexibility index (Phi) is 4.15. The van der Waals surface area contributed by atoms with E-state index in [-0.39, 0.29) is 5.91 Å². The van der Waals surface area contributed by atoms with Gasteiger partial charge in [0.1, 0.15) is 6.07 Å². The fourth-order valence-corrected chi connectivity index (χ4v) is 3.46. The summed E-state index contributed by atoms with van der Waals surface area (Å²) in [6, 6.07) is 8.06. The Morgan fingerprint density at radius 1 is 1.23 bits per heavy atom. The van der Waals surface area contributed by atoms with Crippen molar-refractivity contribution in [2.24, 2.45) is 0 Å². The van der Waals surface area contributed by atoms with Gasteiger partial charge in [0.2, 0.25) is 17.5 Å². The topological polar surface area (TPSA) is 73.4 Å². The molecular weight excluding hydrogens is 328 g/mol. The minimum Gasteiger partial charge on any atom is -0.423 e. The van der Waals surface area contributed by atoms with Crippen molar-refractivity contribution in [2.45, 2.75) is 32.6 Å². The van der Waals surface area contributed by atoms with Crippen molar-refractivity contribution in [2.75, 3.05) is 31.1 Å². The summed E-state index contributed by atoms with van der Waals surface area (Å²) < 4.78 is 5.87. The normalized spacial score (nSPS) is 17.3. The molecule has 2 aliphatic rings. The number of anilines is 1. The molecule has 134 valence electrons. The number of amides is 1. The highest BCUT2D eigenvalue weighted by Crippen LogP contribution is 2.41. The van der Waals surface area contributed by atoms with Crippen molar-refractivity contribution >= 4 is 11.8 Å². The fraction of sp³-hybridized carbons (Fsp3) is 0.450.